The van der Waals surface area contributed by atoms with Crippen LogP contribution in [0.25, 0.3) is 16.3 Å². The van der Waals surface area contributed by atoms with Gasteiger partial charge in [-0.05, 0) is 81.0 Å². The normalized spacial score (nSPS) is 19.7. The number of aryl methyl sites for hydroxylation is 1. The molecule has 2 atom stereocenters. The van der Waals surface area contributed by atoms with Crippen molar-refractivity contribution in [1.29, 1.82) is 0 Å². The van der Waals surface area contributed by atoms with Crippen molar-refractivity contribution in [2.75, 3.05) is 0 Å². The number of rotatable bonds is 9. The molecular formula is C38H46N2O10. The maximum atomic E-state index is 13.7. The van der Waals surface area contributed by atoms with Gasteiger partial charge in [0, 0.05) is 45.6 Å². The van der Waals surface area contributed by atoms with Gasteiger partial charge in [-0.25, -0.2) is 9.59 Å². The van der Waals surface area contributed by atoms with Crippen molar-refractivity contribution in [3.63, 3.8) is 0 Å². The number of nitrogens with zero attached hydrogens (tertiary/aromatic N) is 1. The molecule has 12 heteroatoms. The van der Waals surface area contributed by atoms with Gasteiger partial charge in [0.25, 0.3) is 0 Å². The number of aliphatic imine (C=N–C) groups is 1. The van der Waals surface area contributed by atoms with Gasteiger partial charge in [0.15, 0.2) is 22.8 Å². The molecule has 0 saturated carbocycles. The largest absolute Gasteiger partial charge is 0.511 e. The van der Waals surface area contributed by atoms with Gasteiger partial charge in [-0.2, -0.15) is 0 Å². The number of fused-ring (bicyclic) bond motifs is 2. The molecule has 2 aliphatic carbocycles. The molecular weight excluding hydrogens is 644 g/mol. The fraction of sp³-hybridized carbons (Fsp3) is 0.421. The van der Waals surface area contributed by atoms with E-state index in [-0.39, 0.29) is 45.3 Å². The molecule has 2 unspecified atom stereocenters. The number of Topliss-reactive ketones (excluding diaryl/α,β-unsaturated/α-hetero) is 1. The number of carbonyl (C=O) groups excluding carboxylic acids is 1. The lowest BCUT2D eigenvalue weighted by molar-refractivity contribution is -0.143. The van der Waals surface area contributed by atoms with Crippen molar-refractivity contribution in [3.05, 3.63) is 68.6 Å². The van der Waals surface area contributed by atoms with Crippen molar-refractivity contribution in [2.24, 2.45) is 16.8 Å². The summed E-state index contributed by atoms with van der Waals surface area (Å²) in [6, 6.07) is 1.68. The lowest BCUT2D eigenvalue weighted by Gasteiger charge is -2.37. The summed E-state index contributed by atoms with van der Waals surface area (Å²) < 4.78 is 0. The first-order valence-corrected chi connectivity index (χ1v) is 16.3. The molecule has 0 aliphatic heterocycles. The summed E-state index contributed by atoms with van der Waals surface area (Å²) in [7, 11) is 0. The van der Waals surface area contributed by atoms with Crippen molar-refractivity contribution in [3.8, 4) is 17.2 Å². The number of phenols is 3. The number of aliphatic carboxylic acids is 2. The SMILES string of the molecule is CC1=CC2=C(C(C)C)C(O)C(=O)/C(=C\NC(C)(C)C(=O)O)C2C(O)=C1c1c(C)cc2c(C(C)C)c(O)c(O)c(C=NC(C)(C)C(=O)O)c2c1O. The van der Waals surface area contributed by atoms with Crippen LogP contribution in [0, 0.1) is 18.8 Å². The van der Waals surface area contributed by atoms with Gasteiger partial charge < -0.3 is 41.1 Å². The smallest absolute Gasteiger partial charge is 0.330 e. The Kier molecular flexibility index (Phi) is 9.79. The van der Waals surface area contributed by atoms with E-state index in [0.717, 1.165) is 6.21 Å². The van der Waals surface area contributed by atoms with Crippen LogP contribution >= 0.6 is 0 Å². The highest BCUT2D eigenvalue weighted by molar-refractivity contribution is 6.12. The number of carboxylic acid groups (broad SMARTS) is 2. The number of nitrogens with one attached hydrogen (secondary N) is 1. The van der Waals surface area contributed by atoms with Crippen molar-refractivity contribution >= 4 is 40.3 Å². The van der Waals surface area contributed by atoms with E-state index in [0.29, 0.717) is 33.2 Å². The predicted octanol–water partition coefficient (Wildman–Crippen LogP) is 5.75. The number of carboxylic acids is 2. The number of ketones is 1. The quantitative estimate of drug-likeness (QED) is 0.0900. The van der Waals surface area contributed by atoms with Crippen LogP contribution in [0.4, 0.5) is 0 Å². The molecule has 0 fully saturated rings. The molecule has 2 aromatic rings. The summed E-state index contributed by atoms with van der Waals surface area (Å²) in [5.74, 6) is -6.80. The average molecular weight is 691 g/mol. The molecule has 0 bridgehead atoms. The van der Waals surface area contributed by atoms with Crippen LogP contribution in [0.1, 0.15) is 90.5 Å². The van der Waals surface area contributed by atoms with Crippen molar-refractivity contribution in [1.82, 2.24) is 5.32 Å². The van der Waals surface area contributed by atoms with E-state index in [1.807, 2.05) is 0 Å². The fourth-order valence-electron chi connectivity index (χ4n) is 6.59. The number of hydrogen-bond donors (Lipinski definition) is 8. The minimum Gasteiger partial charge on any atom is -0.511 e. The Bertz CT molecular complexity index is 1990. The van der Waals surface area contributed by atoms with E-state index in [2.05, 4.69) is 10.3 Å². The number of benzene rings is 2. The summed E-state index contributed by atoms with van der Waals surface area (Å²) >= 11 is 0. The van der Waals surface area contributed by atoms with E-state index in [9.17, 15) is 50.1 Å². The van der Waals surface area contributed by atoms with Crippen LogP contribution in [0.2, 0.25) is 0 Å². The van der Waals surface area contributed by atoms with Gasteiger partial charge in [-0.1, -0.05) is 39.8 Å². The highest BCUT2D eigenvalue weighted by Gasteiger charge is 2.44. The highest BCUT2D eigenvalue weighted by Crippen LogP contribution is 2.52. The van der Waals surface area contributed by atoms with Gasteiger partial charge in [-0.3, -0.25) is 9.79 Å². The lowest BCUT2D eigenvalue weighted by Crippen LogP contribution is -2.45. The molecule has 0 aromatic heterocycles. The number of carbonyl (C=O) groups is 3. The molecule has 0 amide bonds. The summed E-state index contributed by atoms with van der Waals surface area (Å²) in [6.45, 7) is 16.1. The van der Waals surface area contributed by atoms with E-state index < -0.39 is 58.1 Å². The van der Waals surface area contributed by atoms with Crippen LogP contribution in [0.15, 0.2) is 51.4 Å². The lowest BCUT2D eigenvalue weighted by atomic mass is 9.68. The second-order valence-corrected chi connectivity index (χ2v) is 14.7. The Balaban J connectivity index is 2.15. The van der Waals surface area contributed by atoms with Gasteiger partial charge in [-0.15, -0.1) is 0 Å². The minimum atomic E-state index is -1.63. The van der Waals surface area contributed by atoms with Gasteiger partial charge in [0.1, 0.15) is 23.2 Å². The zero-order valence-electron chi connectivity index (χ0n) is 29.9. The Morgan fingerprint density at radius 1 is 0.920 bits per heavy atom. The third-order valence-corrected chi connectivity index (χ3v) is 9.48. The number of aliphatic hydroxyl groups excluding tert-OH is 2. The molecule has 50 heavy (non-hydrogen) atoms. The number of aliphatic hydroxyl groups is 2. The van der Waals surface area contributed by atoms with Crippen molar-refractivity contribution < 1.29 is 50.1 Å². The summed E-state index contributed by atoms with van der Waals surface area (Å²) in [4.78, 5) is 41.6. The molecule has 268 valence electrons. The topological polar surface area (TPSA) is 217 Å². The Morgan fingerprint density at radius 3 is 2.04 bits per heavy atom. The van der Waals surface area contributed by atoms with Gasteiger partial charge in [0.2, 0.25) is 0 Å². The van der Waals surface area contributed by atoms with Crippen LogP contribution < -0.4 is 5.32 Å². The first-order valence-electron chi connectivity index (χ1n) is 16.3. The molecule has 12 nitrogen and oxygen atoms in total. The van der Waals surface area contributed by atoms with Crippen LogP contribution in [0.3, 0.4) is 0 Å². The Hall–Kier alpha value is -5.10. The first kappa shape index (κ1) is 37.7. The van der Waals surface area contributed by atoms with Crippen LogP contribution in [0.5, 0.6) is 17.2 Å². The van der Waals surface area contributed by atoms with Gasteiger partial charge in [0.05, 0.1) is 5.92 Å². The standard InChI is InChI=1S/C38H46N2O10/c1-15(2)23-19-11-17(5)25(31(43)27(19)21(29(41)33(23)45)13-39-37(7,8)35(47)48)26-18(6)12-20-24(16(3)4)34(46)30(42)22(28(20)32(26)44)14-40-38(9,10)36(49)50/h11-16,27,33,39,42-46H,1-10H3,(H,47,48)(H,49,50)/b21-13-,40-14?. The molecule has 0 saturated heterocycles. The first-order chi connectivity index (χ1) is 23.0. The molecule has 0 spiro atoms. The fourth-order valence-corrected chi connectivity index (χ4v) is 6.59. The van der Waals surface area contributed by atoms with E-state index in [1.165, 1.54) is 33.9 Å². The maximum absolute atomic E-state index is 13.7. The molecule has 0 heterocycles. The summed E-state index contributed by atoms with van der Waals surface area (Å²) in [6.07, 6.45) is 2.46. The molecule has 2 aromatic carbocycles. The second kappa shape index (κ2) is 13.0. The monoisotopic (exact) mass is 690 g/mol. The minimum absolute atomic E-state index is 0.0441. The summed E-state index contributed by atoms with van der Waals surface area (Å²) in [5, 5.41) is 80.4. The zero-order valence-corrected chi connectivity index (χ0v) is 29.9. The van der Waals surface area contributed by atoms with Crippen LogP contribution in [-0.2, 0) is 14.4 Å². The number of hydrogen-bond acceptors (Lipinski definition) is 10. The van der Waals surface area contributed by atoms with E-state index in [1.54, 1.807) is 53.7 Å². The van der Waals surface area contributed by atoms with Gasteiger partial charge >= 0.3 is 11.9 Å². The Labute approximate surface area is 290 Å². The molecule has 4 rings (SSSR count). The molecule has 0 radical (unpaired) electrons. The average Bonchev–Trinajstić information content (AvgIpc) is 2.99. The number of aromatic hydroxyl groups is 3. The third kappa shape index (κ3) is 6.12. The zero-order chi connectivity index (χ0) is 37.9. The van der Waals surface area contributed by atoms with Crippen molar-refractivity contribution in [2.45, 2.75) is 92.3 Å². The van der Waals surface area contributed by atoms with E-state index in [4.69, 9.17) is 0 Å². The third-order valence-electron chi connectivity index (χ3n) is 9.48. The maximum Gasteiger partial charge on any atom is 0.330 e. The second-order valence-electron chi connectivity index (χ2n) is 14.7. The van der Waals surface area contributed by atoms with E-state index >= 15 is 0 Å². The van der Waals surface area contributed by atoms with Crippen LogP contribution in [-0.4, -0.2) is 76.9 Å². The predicted molar refractivity (Wildman–Crippen MR) is 190 cm³/mol. The molecule has 2 aliphatic rings. The summed E-state index contributed by atoms with van der Waals surface area (Å²) in [5.41, 5.74) is -0.984. The number of allylic oxidation sites excluding steroid dienone is 4. The highest BCUT2D eigenvalue weighted by atomic mass is 16.4. The Morgan fingerprint density at radius 2 is 1.52 bits per heavy atom. The number of phenolic OH excluding ortho intramolecular Hbond substituents is 3. The molecule has 8 N–H and O–H groups in total.